The molecule has 0 aliphatic carbocycles. The number of carbonyl (C=O) groups is 2. The number of halogens is 1. The number of aliphatic hydroxyl groups is 1. The van der Waals surface area contributed by atoms with E-state index in [0.717, 1.165) is 15.2 Å². The molecule has 194 valence electrons. The fourth-order valence-electron chi connectivity index (χ4n) is 5.05. The van der Waals surface area contributed by atoms with Crippen LogP contribution in [0.5, 0.6) is 11.5 Å². The van der Waals surface area contributed by atoms with Crippen LogP contribution in [0.15, 0.2) is 105 Å². The van der Waals surface area contributed by atoms with Gasteiger partial charge >= 0.3 is 0 Å². The van der Waals surface area contributed by atoms with Gasteiger partial charge in [-0.3, -0.25) is 14.5 Å². The number of hydrogen-bond donors (Lipinski definition) is 2. The lowest BCUT2D eigenvalue weighted by atomic mass is 9.94. The van der Waals surface area contributed by atoms with Crippen molar-refractivity contribution in [3.8, 4) is 11.5 Å². The topological polar surface area (TPSA) is 100 Å². The van der Waals surface area contributed by atoms with Crippen molar-refractivity contribution >= 4 is 55.0 Å². The number of aliphatic hydroxyl groups excluding tert-OH is 1. The maximum Gasteiger partial charge on any atom is 0.294 e. The molecule has 0 fully saturated rings. The Morgan fingerprint density at radius 1 is 0.974 bits per heavy atom. The van der Waals surface area contributed by atoms with Crippen molar-refractivity contribution in [3.63, 3.8) is 0 Å². The summed E-state index contributed by atoms with van der Waals surface area (Å²) in [5.41, 5.74) is 1.37. The first-order chi connectivity index (χ1) is 18.9. The van der Waals surface area contributed by atoms with Crippen LogP contribution >= 0.6 is 15.9 Å². The Balaban J connectivity index is 1.56. The molecule has 0 radical (unpaired) electrons. The number of anilines is 1. The van der Waals surface area contributed by atoms with Gasteiger partial charge in [-0.15, -0.1) is 0 Å². The molecule has 1 amide bonds. The van der Waals surface area contributed by atoms with Crippen molar-refractivity contribution in [2.75, 3.05) is 11.5 Å². The quantitative estimate of drug-likeness (QED) is 0.204. The Morgan fingerprint density at radius 2 is 1.77 bits per heavy atom. The summed E-state index contributed by atoms with van der Waals surface area (Å²) in [5.74, 6) is -1.88. The first kappa shape index (κ1) is 24.8. The number of amides is 1. The maximum atomic E-state index is 14.0. The summed E-state index contributed by atoms with van der Waals surface area (Å²) < 4.78 is 12.3. The Kier molecular flexibility index (Phi) is 6.12. The van der Waals surface area contributed by atoms with Crippen LogP contribution in [-0.4, -0.2) is 28.5 Å². The summed E-state index contributed by atoms with van der Waals surface area (Å²) >= 11 is 3.42. The monoisotopic (exact) mass is 583 g/mol. The fourth-order valence-corrected chi connectivity index (χ4v) is 5.43. The number of fused-ring (bicyclic) bond motifs is 2. The lowest BCUT2D eigenvalue weighted by Crippen LogP contribution is -2.31. The van der Waals surface area contributed by atoms with Crippen LogP contribution < -0.4 is 9.64 Å². The van der Waals surface area contributed by atoms with E-state index in [2.05, 4.69) is 15.9 Å². The van der Waals surface area contributed by atoms with E-state index in [1.807, 2.05) is 42.5 Å². The average Bonchev–Trinajstić information content (AvgIpc) is 3.47. The largest absolute Gasteiger partial charge is 0.504 e. The van der Waals surface area contributed by atoms with Gasteiger partial charge < -0.3 is 19.4 Å². The van der Waals surface area contributed by atoms with Crippen LogP contribution in [0.2, 0.25) is 0 Å². The Bertz CT molecular complexity index is 1820. The number of furan rings is 1. The Morgan fingerprint density at radius 3 is 2.59 bits per heavy atom. The van der Waals surface area contributed by atoms with E-state index < -0.39 is 23.5 Å². The number of benzene rings is 4. The van der Waals surface area contributed by atoms with Crippen LogP contribution in [0.3, 0.4) is 0 Å². The molecule has 6 rings (SSSR count). The highest BCUT2D eigenvalue weighted by Crippen LogP contribution is 2.45. The van der Waals surface area contributed by atoms with Crippen molar-refractivity contribution in [2.24, 2.45) is 0 Å². The highest BCUT2D eigenvalue weighted by Gasteiger charge is 2.46. The third-order valence-corrected chi connectivity index (χ3v) is 7.27. The number of carbonyl (C=O) groups excluding carboxylic acids is 2. The van der Waals surface area contributed by atoms with E-state index in [1.165, 1.54) is 11.0 Å². The summed E-state index contributed by atoms with van der Waals surface area (Å²) in [7, 11) is 0. The lowest BCUT2D eigenvalue weighted by molar-refractivity contribution is -0.117. The Labute approximate surface area is 231 Å². The van der Waals surface area contributed by atoms with Crippen molar-refractivity contribution in [1.82, 2.24) is 0 Å². The second-order valence-electron chi connectivity index (χ2n) is 9.12. The van der Waals surface area contributed by atoms with E-state index in [-0.39, 0.29) is 22.8 Å². The first-order valence-corrected chi connectivity index (χ1v) is 13.1. The van der Waals surface area contributed by atoms with Gasteiger partial charge in [-0.25, -0.2) is 0 Å². The zero-order valence-electron chi connectivity index (χ0n) is 20.7. The van der Waals surface area contributed by atoms with Crippen LogP contribution in [0.4, 0.5) is 5.69 Å². The fraction of sp³-hybridized carbons (Fsp3) is 0.0968. The number of Topliss-reactive ketones (excluding diaryl/α,β-unsaturated/α-hetero) is 1. The predicted octanol–water partition coefficient (Wildman–Crippen LogP) is 7.24. The number of ether oxygens (including phenoxy) is 1. The van der Waals surface area contributed by atoms with E-state index in [1.54, 1.807) is 43.3 Å². The standard InChI is InChI=1S/C31H22BrNO6/c1-2-38-25-15-18(10-12-23(25)34)28-27(29(35)26-16-19-14-20(32)11-13-24(19)39-26)30(36)31(37)33(28)22-9-5-7-17-6-3-4-8-21(17)22/h3-16,28,34,36H,2H2,1H3. The first-order valence-electron chi connectivity index (χ1n) is 12.3. The molecule has 5 aromatic rings. The molecule has 39 heavy (non-hydrogen) atoms. The van der Waals surface area contributed by atoms with Crippen molar-refractivity contribution in [3.05, 3.63) is 112 Å². The van der Waals surface area contributed by atoms with Crippen LogP contribution in [0.1, 0.15) is 29.1 Å². The van der Waals surface area contributed by atoms with E-state index >= 15 is 0 Å². The zero-order valence-corrected chi connectivity index (χ0v) is 22.3. The minimum Gasteiger partial charge on any atom is -0.504 e. The molecule has 8 heteroatoms. The molecule has 2 heterocycles. The van der Waals surface area contributed by atoms with Crippen LogP contribution in [0, 0.1) is 0 Å². The molecule has 0 bridgehead atoms. The third kappa shape index (κ3) is 4.13. The van der Waals surface area contributed by atoms with Crippen LogP contribution in [0.25, 0.3) is 21.7 Å². The number of hydrogen-bond acceptors (Lipinski definition) is 6. The average molecular weight is 584 g/mol. The molecule has 1 unspecified atom stereocenters. The highest BCUT2D eigenvalue weighted by atomic mass is 79.9. The molecular formula is C31H22BrNO6. The van der Waals surface area contributed by atoms with Gasteiger partial charge in [0.1, 0.15) is 5.58 Å². The normalized spacial score (nSPS) is 15.5. The lowest BCUT2D eigenvalue weighted by Gasteiger charge is -2.28. The molecule has 1 aromatic heterocycles. The molecule has 2 N–H and O–H groups in total. The number of rotatable bonds is 6. The molecule has 0 saturated heterocycles. The summed E-state index contributed by atoms with van der Waals surface area (Å²) in [6.45, 7) is 2.09. The van der Waals surface area contributed by atoms with Gasteiger partial charge in [-0.05, 0) is 60.3 Å². The molecule has 1 aliphatic heterocycles. The zero-order chi connectivity index (χ0) is 27.3. The number of phenols is 1. The summed E-state index contributed by atoms with van der Waals surface area (Å²) in [6.07, 6.45) is 0. The Hall–Kier alpha value is -4.56. The van der Waals surface area contributed by atoms with Crippen molar-refractivity contribution in [1.29, 1.82) is 0 Å². The maximum absolute atomic E-state index is 14.0. The van der Waals surface area contributed by atoms with Gasteiger partial charge in [0.2, 0.25) is 5.78 Å². The van der Waals surface area contributed by atoms with Gasteiger partial charge in [0.25, 0.3) is 5.91 Å². The second-order valence-corrected chi connectivity index (χ2v) is 10.0. The molecular weight excluding hydrogens is 562 g/mol. The molecule has 0 spiro atoms. The molecule has 1 atom stereocenters. The van der Waals surface area contributed by atoms with E-state index in [4.69, 9.17) is 9.15 Å². The van der Waals surface area contributed by atoms with Gasteiger partial charge in [0, 0.05) is 15.2 Å². The summed E-state index contributed by atoms with van der Waals surface area (Å²) in [5, 5.41) is 23.9. The SMILES string of the molecule is CCOc1cc(C2C(C(=O)c3cc4cc(Br)ccc4o3)=C(O)C(=O)N2c2cccc3ccccc23)ccc1O. The molecule has 4 aromatic carbocycles. The van der Waals surface area contributed by atoms with E-state index in [9.17, 15) is 19.8 Å². The summed E-state index contributed by atoms with van der Waals surface area (Å²) in [6, 6.07) is 23.6. The number of nitrogens with zero attached hydrogens (tertiary/aromatic N) is 1. The van der Waals surface area contributed by atoms with Gasteiger partial charge in [-0.1, -0.05) is 58.4 Å². The predicted molar refractivity (Wildman–Crippen MR) is 151 cm³/mol. The summed E-state index contributed by atoms with van der Waals surface area (Å²) in [4.78, 5) is 29.1. The molecule has 1 aliphatic rings. The molecule has 0 saturated carbocycles. The van der Waals surface area contributed by atoms with Crippen molar-refractivity contribution in [2.45, 2.75) is 13.0 Å². The minimum absolute atomic E-state index is 0.00831. The minimum atomic E-state index is -1.02. The third-order valence-electron chi connectivity index (χ3n) is 6.78. The smallest absolute Gasteiger partial charge is 0.294 e. The van der Waals surface area contributed by atoms with Crippen LogP contribution in [-0.2, 0) is 4.79 Å². The number of phenolic OH excluding ortho intramolecular Hbond substituents is 1. The highest BCUT2D eigenvalue weighted by molar-refractivity contribution is 9.10. The van der Waals surface area contributed by atoms with Crippen molar-refractivity contribution < 1.29 is 29.0 Å². The van der Waals surface area contributed by atoms with Gasteiger partial charge in [0.15, 0.2) is 23.0 Å². The van der Waals surface area contributed by atoms with Gasteiger partial charge in [-0.2, -0.15) is 0 Å². The number of ketones is 1. The number of aromatic hydroxyl groups is 1. The van der Waals surface area contributed by atoms with Gasteiger partial charge in [0.05, 0.1) is 23.9 Å². The van der Waals surface area contributed by atoms with E-state index in [0.29, 0.717) is 28.8 Å². The molecule has 7 nitrogen and oxygen atoms in total. The second kappa shape index (κ2) is 9.63.